The average molecular weight is 425 g/mol. The first kappa shape index (κ1) is 21.4. The number of halogens is 5. The first-order valence-electron chi connectivity index (χ1n) is 8.72. The van der Waals surface area contributed by atoms with Gasteiger partial charge in [-0.15, -0.1) is 10.2 Å². The molecule has 30 heavy (non-hydrogen) atoms. The van der Waals surface area contributed by atoms with Crippen molar-refractivity contribution in [1.82, 2.24) is 14.8 Å². The molecule has 0 aliphatic rings. The van der Waals surface area contributed by atoms with Gasteiger partial charge >= 0.3 is 0 Å². The highest BCUT2D eigenvalue weighted by molar-refractivity contribution is 5.62. The summed E-state index contributed by atoms with van der Waals surface area (Å²) in [7, 11) is 1.44. The molecule has 0 atom stereocenters. The number of hydrogen-bond acceptors (Lipinski definition) is 4. The quantitative estimate of drug-likeness (QED) is 0.406. The van der Waals surface area contributed by atoms with Crippen molar-refractivity contribution in [2.24, 2.45) is 0 Å². The van der Waals surface area contributed by atoms with Crippen molar-refractivity contribution in [3.63, 3.8) is 0 Å². The van der Waals surface area contributed by atoms with Crippen LogP contribution in [0.3, 0.4) is 0 Å². The molecule has 0 fully saturated rings. The second-order valence-electron chi connectivity index (χ2n) is 6.07. The van der Waals surface area contributed by atoms with Crippen molar-refractivity contribution < 1.29 is 31.4 Å². The molecule has 2 aromatic carbocycles. The van der Waals surface area contributed by atoms with Crippen molar-refractivity contribution in [1.29, 1.82) is 0 Å². The van der Waals surface area contributed by atoms with Crippen LogP contribution in [0.25, 0.3) is 17.1 Å². The minimum atomic E-state index is -1.25. The third-order valence-corrected chi connectivity index (χ3v) is 4.10. The van der Waals surface area contributed by atoms with Crippen LogP contribution in [0.15, 0.2) is 36.4 Å². The smallest absolute Gasteiger partial charge is 0.199 e. The Morgan fingerprint density at radius 1 is 0.967 bits per heavy atom. The normalized spacial score (nSPS) is 11.8. The molecule has 0 N–H and O–H groups in total. The maximum atomic E-state index is 14.3. The highest BCUT2D eigenvalue weighted by Gasteiger charge is 2.23. The number of nitrogens with zero attached hydrogens (tertiary/aromatic N) is 3. The topological polar surface area (TPSA) is 49.2 Å². The molecule has 158 valence electrons. The molecule has 0 aliphatic carbocycles. The molecule has 3 aromatic rings. The number of methoxy groups -OCH3 is 1. The number of ether oxygens (including phenoxy) is 2. The van der Waals surface area contributed by atoms with Gasteiger partial charge in [0.2, 0.25) is 0 Å². The lowest BCUT2D eigenvalue weighted by molar-refractivity contribution is 0.187. The summed E-state index contributed by atoms with van der Waals surface area (Å²) in [6, 6.07) is 3.89. The fourth-order valence-electron chi connectivity index (χ4n) is 2.72. The van der Waals surface area contributed by atoms with E-state index in [0.29, 0.717) is 18.2 Å². The molecular formula is C20H16F5N3O2. The molecule has 0 saturated carbocycles. The van der Waals surface area contributed by atoms with Gasteiger partial charge in [0, 0.05) is 31.9 Å². The van der Waals surface area contributed by atoms with Gasteiger partial charge in [0.25, 0.3) is 0 Å². The molecule has 0 spiro atoms. The van der Waals surface area contributed by atoms with Crippen LogP contribution in [0.4, 0.5) is 22.0 Å². The Balaban J connectivity index is 2.07. The van der Waals surface area contributed by atoms with Crippen LogP contribution in [-0.4, -0.2) is 28.5 Å². The molecular weight excluding hydrogens is 409 g/mol. The molecule has 0 aliphatic heterocycles. The van der Waals surface area contributed by atoms with E-state index in [4.69, 9.17) is 9.47 Å². The van der Waals surface area contributed by atoms with Gasteiger partial charge in [-0.25, -0.2) is 22.0 Å². The Hall–Kier alpha value is -3.27. The Morgan fingerprint density at radius 3 is 2.23 bits per heavy atom. The van der Waals surface area contributed by atoms with Crippen molar-refractivity contribution in [2.45, 2.75) is 13.5 Å². The summed E-state index contributed by atoms with van der Waals surface area (Å²) in [5, 5.41) is 7.86. The predicted octanol–water partition coefficient (Wildman–Crippen LogP) is 4.73. The zero-order valence-electron chi connectivity index (χ0n) is 15.9. The zero-order valence-corrected chi connectivity index (χ0v) is 15.9. The number of allylic oxidation sites excluding steroid dienone is 1. The number of aromatic nitrogens is 3. The Labute approximate surface area is 168 Å². The first-order valence-corrected chi connectivity index (χ1v) is 8.72. The summed E-state index contributed by atoms with van der Waals surface area (Å²) in [4.78, 5) is 0. The highest BCUT2D eigenvalue weighted by atomic mass is 19.2. The number of rotatable bonds is 7. The zero-order chi connectivity index (χ0) is 21.8. The van der Waals surface area contributed by atoms with Gasteiger partial charge in [-0.3, -0.25) is 0 Å². The molecule has 3 rings (SSSR count). The second kappa shape index (κ2) is 9.04. The van der Waals surface area contributed by atoms with E-state index in [9.17, 15) is 22.0 Å². The Morgan fingerprint density at radius 2 is 1.63 bits per heavy atom. The van der Waals surface area contributed by atoms with E-state index < -0.39 is 34.8 Å². The van der Waals surface area contributed by atoms with Crippen molar-refractivity contribution >= 4 is 5.76 Å². The highest BCUT2D eigenvalue weighted by Crippen LogP contribution is 2.30. The average Bonchev–Trinajstić information content (AvgIpc) is 3.09. The number of hydrogen-bond donors (Lipinski definition) is 0. The maximum Gasteiger partial charge on any atom is 0.199 e. The molecule has 10 heteroatoms. The van der Waals surface area contributed by atoms with Crippen LogP contribution in [0, 0.1) is 29.1 Å². The number of benzene rings is 2. The van der Waals surface area contributed by atoms with Gasteiger partial charge in [-0.2, -0.15) is 0 Å². The van der Waals surface area contributed by atoms with Gasteiger partial charge in [0.05, 0.1) is 12.2 Å². The van der Waals surface area contributed by atoms with Crippen LogP contribution in [0.1, 0.15) is 12.7 Å². The van der Waals surface area contributed by atoms with Gasteiger partial charge < -0.3 is 14.0 Å². The van der Waals surface area contributed by atoms with Crippen LogP contribution >= 0.6 is 0 Å². The van der Waals surface area contributed by atoms with Gasteiger partial charge in [0.1, 0.15) is 17.5 Å². The molecule has 1 heterocycles. The molecule has 1 aromatic heterocycles. The summed E-state index contributed by atoms with van der Waals surface area (Å²) >= 11 is 0. The van der Waals surface area contributed by atoms with Crippen molar-refractivity contribution in [3.8, 4) is 17.1 Å². The van der Waals surface area contributed by atoms with E-state index in [1.807, 2.05) is 0 Å². The predicted molar refractivity (Wildman–Crippen MR) is 97.8 cm³/mol. The minimum Gasteiger partial charge on any atom is -0.448 e. The van der Waals surface area contributed by atoms with Crippen molar-refractivity contribution in [3.05, 3.63) is 71.3 Å². The fraction of sp³-hybridized carbons (Fsp3) is 0.200. The van der Waals surface area contributed by atoms with Gasteiger partial charge in [-0.1, -0.05) is 0 Å². The molecule has 0 saturated heterocycles. The Bertz CT molecular complexity index is 1080. The molecule has 0 bridgehead atoms. The largest absolute Gasteiger partial charge is 0.448 e. The van der Waals surface area contributed by atoms with E-state index in [2.05, 4.69) is 10.2 Å². The lowest BCUT2D eigenvalue weighted by atomic mass is 10.2. The third kappa shape index (κ3) is 4.33. The monoisotopic (exact) mass is 425 g/mol. The SMILES string of the molecule is C/C=C(/Oc1c(F)cc(F)cc1F)c1nnc(-c2ccc(F)cc2F)n1CCOC. The van der Waals surface area contributed by atoms with Crippen LogP contribution < -0.4 is 4.74 Å². The van der Waals surface area contributed by atoms with E-state index in [1.165, 1.54) is 30.7 Å². The molecule has 0 unspecified atom stereocenters. The molecule has 5 nitrogen and oxygen atoms in total. The third-order valence-electron chi connectivity index (χ3n) is 4.10. The minimum absolute atomic E-state index is 0.0106. The molecule has 0 amide bonds. The lowest BCUT2D eigenvalue weighted by Gasteiger charge is -2.14. The van der Waals surface area contributed by atoms with E-state index in [1.54, 1.807) is 0 Å². The van der Waals surface area contributed by atoms with E-state index in [-0.39, 0.29) is 36.1 Å². The van der Waals surface area contributed by atoms with Gasteiger partial charge in [0.15, 0.2) is 34.8 Å². The molecule has 0 radical (unpaired) electrons. The summed E-state index contributed by atoms with van der Waals surface area (Å²) in [6.45, 7) is 1.80. The van der Waals surface area contributed by atoms with Crippen LogP contribution in [-0.2, 0) is 11.3 Å². The summed E-state index contributed by atoms with van der Waals surface area (Å²) in [6.07, 6.45) is 1.36. The summed E-state index contributed by atoms with van der Waals surface area (Å²) < 4.78 is 80.5. The maximum absolute atomic E-state index is 14.3. The lowest BCUT2D eigenvalue weighted by Crippen LogP contribution is -2.12. The standard InChI is InChI=1S/C20H16F5N3O2/c1-3-17(30-18-15(24)9-12(22)10-16(18)25)20-27-26-19(28(20)6-7-29-2)13-5-4-11(21)8-14(13)23/h3-5,8-10H,6-7H2,1-2H3/b17-3+. The van der Waals surface area contributed by atoms with Crippen LogP contribution in [0.2, 0.25) is 0 Å². The van der Waals surface area contributed by atoms with Crippen LogP contribution in [0.5, 0.6) is 5.75 Å². The second-order valence-corrected chi connectivity index (χ2v) is 6.07. The van der Waals surface area contributed by atoms with Gasteiger partial charge in [-0.05, 0) is 25.1 Å². The Kier molecular flexibility index (Phi) is 6.46. The van der Waals surface area contributed by atoms with E-state index >= 15 is 0 Å². The summed E-state index contributed by atoms with van der Waals surface area (Å²) in [5.41, 5.74) is -0.0409. The van der Waals surface area contributed by atoms with Crippen molar-refractivity contribution in [2.75, 3.05) is 13.7 Å². The van der Waals surface area contributed by atoms with E-state index in [0.717, 1.165) is 6.07 Å². The first-order chi connectivity index (χ1) is 14.3. The summed E-state index contributed by atoms with van der Waals surface area (Å²) in [5.74, 6) is -6.14. The fourth-order valence-corrected chi connectivity index (χ4v) is 2.72.